The Hall–Kier alpha value is -1.61. The van der Waals surface area contributed by atoms with E-state index in [0.29, 0.717) is 6.73 Å². The number of benzene rings is 1. The maximum absolute atomic E-state index is 5.56. The van der Waals surface area contributed by atoms with Gasteiger partial charge < -0.3 is 4.74 Å². The molecule has 2 aromatic rings. The Morgan fingerprint density at radius 3 is 3.29 bits per heavy atom. The maximum Gasteiger partial charge on any atom is 0.152 e. The van der Waals surface area contributed by atoms with E-state index >= 15 is 0 Å². The standard InChI is InChI=1S/C11H10N2O/c1-2-8-3-4-9-6-12-7-14-11(9)10(8)13-5-1/h1-5,12H,6-7H2. The van der Waals surface area contributed by atoms with Crippen LogP contribution in [0, 0.1) is 0 Å². The monoisotopic (exact) mass is 186 g/mol. The summed E-state index contributed by atoms with van der Waals surface area (Å²) in [5.41, 5.74) is 2.15. The van der Waals surface area contributed by atoms with Gasteiger partial charge >= 0.3 is 0 Å². The average molecular weight is 186 g/mol. The zero-order chi connectivity index (χ0) is 9.38. The molecule has 0 amide bonds. The lowest BCUT2D eigenvalue weighted by atomic mass is 10.1. The number of hydrogen-bond acceptors (Lipinski definition) is 3. The predicted molar refractivity (Wildman–Crippen MR) is 54.1 cm³/mol. The van der Waals surface area contributed by atoms with Gasteiger partial charge in [-0.15, -0.1) is 0 Å². The molecule has 0 fully saturated rings. The molecule has 1 N–H and O–H groups in total. The van der Waals surface area contributed by atoms with Crippen LogP contribution >= 0.6 is 0 Å². The fraction of sp³-hybridized carbons (Fsp3) is 0.182. The number of pyridine rings is 1. The zero-order valence-corrected chi connectivity index (χ0v) is 7.66. The van der Waals surface area contributed by atoms with Crippen LogP contribution < -0.4 is 10.1 Å². The lowest BCUT2D eigenvalue weighted by molar-refractivity contribution is 0.260. The van der Waals surface area contributed by atoms with Crippen molar-refractivity contribution in [3.63, 3.8) is 0 Å². The third kappa shape index (κ3) is 1.06. The van der Waals surface area contributed by atoms with E-state index in [9.17, 15) is 0 Å². The van der Waals surface area contributed by atoms with Crippen LogP contribution in [0.5, 0.6) is 5.75 Å². The molecule has 0 saturated heterocycles. The highest BCUT2D eigenvalue weighted by Gasteiger charge is 2.13. The van der Waals surface area contributed by atoms with E-state index in [4.69, 9.17) is 4.74 Å². The van der Waals surface area contributed by atoms with Gasteiger partial charge in [-0.3, -0.25) is 10.3 Å². The van der Waals surface area contributed by atoms with Crippen molar-refractivity contribution in [3.05, 3.63) is 36.0 Å². The largest absolute Gasteiger partial charge is 0.476 e. The molecule has 1 aromatic heterocycles. The molecule has 3 nitrogen and oxygen atoms in total. The molecule has 70 valence electrons. The molecule has 2 heterocycles. The molecule has 0 atom stereocenters. The fourth-order valence-electron chi connectivity index (χ4n) is 1.77. The van der Waals surface area contributed by atoms with Crippen molar-refractivity contribution in [2.75, 3.05) is 6.73 Å². The van der Waals surface area contributed by atoms with Gasteiger partial charge in [0.25, 0.3) is 0 Å². The summed E-state index contributed by atoms with van der Waals surface area (Å²) in [4.78, 5) is 4.34. The van der Waals surface area contributed by atoms with Crippen LogP contribution in [-0.4, -0.2) is 11.7 Å². The van der Waals surface area contributed by atoms with Crippen LogP contribution in [0.15, 0.2) is 30.5 Å². The number of hydrogen-bond donors (Lipinski definition) is 1. The second-order valence-corrected chi connectivity index (χ2v) is 3.34. The third-order valence-corrected chi connectivity index (χ3v) is 2.44. The Balaban J connectivity index is 2.34. The normalized spacial score (nSPS) is 14.9. The first-order chi connectivity index (χ1) is 6.95. The van der Waals surface area contributed by atoms with Crippen LogP contribution in [0.4, 0.5) is 0 Å². The van der Waals surface area contributed by atoms with Gasteiger partial charge in [0, 0.05) is 23.7 Å². The summed E-state index contributed by atoms with van der Waals surface area (Å²) in [5, 5.41) is 4.29. The topological polar surface area (TPSA) is 34.2 Å². The first-order valence-corrected chi connectivity index (χ1v) is 4.65. The van der Waals surface area contributed by atoms with Crippen molar-refractivity contribution in [1.82, 2.24) is 10.3 Å². The van der Waals surface area contributed by atoms with Crippen molar-refractivity contribution in [3.8, 4) is 5.75 Å². The van der Waals surface area contributed by atoms with Crippen molar-refractivity contribution in [2.24, 2.45) is 0 Å². The molecule has 0 spiro atoms. The van der Waals surface area contributed by atoms with Crippen molar-refractivity contribution >= 4 is 10.9 Å². The van der Waals surface area contributed by atoms with Crippen molar-refractivity contribution in [1.29, 1.82) is 0 Å². The van der Waals surface area contributed by atoms with Crippen molar-refractivity contribution < 1.29 is 4.74 Å². The van der Waals surface area contributed by atoms with E-state index in [1.165, 1.54) is 5.56 Å². The third-order valence-electron chi connectivity index (χ3n) is 2.44. The molecule has 1 aromatic carbocycles. The Kier molecular flexibility index (Phi) is 1.64. The van der Waals surface area contributed by atoms with Gasteiger partial charge in [0.15, 0.2) is 5.75 Å². The molecular weight excluding hydrogens is 176 g/mol. The lowest BCUT2D eigenvalue weighted by Gasteiger charge is -2.19. The second-order valence-electron chi connectivity index (χ2n) is 3.34. The predicted octanol–water partition coefficient (Wildman–Crippen LogP) is 1.67. The number of aromatic nitrogens is 1. The Labute approximate surface area is 81.7 Å². The Morgan fingerprint density at radius 1 is 1.29 bits per heavy atom. The smallest absolute Gasteiger partial charge is 0.152 e. The fourth-order valence-corrected chi connectivity index (χ4v) is 1.77. The van der Waals surface area contributed by atoms with Gasteiger partial charge in [-0.25, -0.2) is 0 Å². The van der Waals surface area contributed by atoms with Crippen molar-refractivity contribution in [2.45, 2.75) is 6.54 Å². The molecule has 0 radical (unpaired) electrons. The summed E-state index contributed by atoms with van der Waals surface area (Å²) in [6.45, 7) is 1.44. The molecule has 3 rings (SSSR count). The zero-order valence-electron chi connectivity index (χ0n) is 7.66. The quantitative estimate of drug-likeness (QED) is 0.679. The average Bonchev–Trinajstić information content (AvgIpc) is 2.29. The van der Waals surface area contributed by atoms with E-state index in [1.54, 1.807) is 6.20 Å². The summed E-state index contributed by atoms with van der Waals surface area (Å²) in [6, 6.07) is 8.16. The lowest BCUT2D eigenvalue weighted by Crippen LogP contribution is -2.25. The van der Waals surface area contributed by atoms with Crippen LogP contribution in [-0.2, 0) is 6.54 Å². The summed E-state index contributed by atoms with van der Waals surface area (Å²) in [6.07, 6.45) is 1.80. The first-order valence-electron chi connectivity index (χ1n) is 4.65. The van der Waals surface area contributed by atoms with E-state index < -0.39 is 0 Å². The van der Waals surface area contributed by atoms with Gasteiger partial charge in [-0.05, 0) is 6.07 Å². The molecule has 0 aliphatic carbocycles. The minimum atomic E-state index is 0.572. The molecule has 1 aliphatic rings. The Bertz CT molecular complexity index is 482. The number of rotatable bonds is 0. The highest BCUT2D eigenvalue weighted by molar-refractivity contribution is 5.85. The summed E-state index contributed by atoms with van der Waals surface area (Å²) in [5.74, 6) is 0.932. The molecular formula is C11H10N2O. The Morgan fingerprint density at radius 2 is 2.29 bits per heavy atom. The number of ether oxygens (including phenoxy) is 1. The SMILES string of the molecule is c1cnc2c3c(ccc2c1)CNCO3. The minimum Gasteiger partial charge on any atom is -0.476 e. The van der Waals surface area contributed by atoms with Gasteiger partial charge in [-0.1, -0.05) is 18.2 Å². The number of nitrogens with one attached hydrogen (secondary N) is 1. The molecule has 0 unspecified atom stereocenters. The van der Waals surface area contributed by atoms with E-state index in [1.807, 2.05) is 12.1 Å². The highest BCUT2D eigenvalue weighted by atomic mass is 16.5. The van der Waals surface area contributed by atoms with Crippen LogP contribution in [0.2, 0.25) is 0 Å². The molecule has 14 heavy (non-hydrogen) atoms. The van der Waals surface area contributed by atoms with E-state index in [0.717, 1.165) is 23.2 Å². The van der Waals surface area contributed by atoms with Crippen LogP contribution in [0.25, 0.3) is 10.9 Å². The van der Waals surface area contributed by atoms with Crippen LogP contribution in [0.1, 0.15) is 5.56 Å². The highest BCUT2D eigenvalue weighted by Crippen LogP contribution is 2.29. The van der Waals surface area contributed by atoms with E-state index in [2.05, 4.69) is 22.4 Å². The molecule has 1 aliphatic heterocycles. The van der Waals surface area contributed by atoms with Gasteiger partial charge in [0.05, 0.1) is 0 Å². The molecule has 0 bridgehead atoms. The number of fused-ring (bicyclic) bond motifs is 3. The number of nitrogens with zero attached hydrogens (tertiary/aromatic N) is 1. The summed E-state index contributed by atoms with van der Waals surface area (Å²) in [7, 11) is 0. The van der Waals surface area contributed by atoms with Gasteiger partial charge in [0.1, 0.15) is 12.2 Å². The van der Waals surface area contributed by atoms with Gasteiger partial charge in [0.2, 0.25) is 0 Å². The maximum atomic E-state index is 5.56. The summed E-state index contributed by atoms with van der Waals surface area (Å²) >= 11 is 0. The first kappa shape index (κ1) is 7.76. The molecule has 0 saturated carbocycles. The van der Waals surface area contributed by atoms with Crippen LogP contribution in [0.3, 0.4) is 0 Å². The second kappa shape index (κ2) is 2.96. The molecule has 3 heteroatoms. The van der Waals surface area contributed by atoms with E-state index in [-0.39, 0.29) is 0 Å². The van der Waals surface area contributed by atoms with Gasteiger partial charge in [-0.2, -0.15) is 0 Å². The summed E-state index contributed by atoms with van der Waals surface area (Å²) < 4.78 is 5.56. The minimum absolute atomic E-state index is 0.572.